The maximum atomic E-state index is 12.8. The number of hydrogen-bond donors (Lipinski definition) is 1. The molecule has 0 unspecified atom stereocenters. The quantitative estimate of drug-likeness (QED) is 0.879. The smallest absolute Gasteiger partial charge is 0.227 e. The number of benzene rings is 1. The minimum atomic E-state index is 0.130. The molecule has 22 heavy (non-hydrogen) atoms. The zero-order valence-corrected chi connectivity index (χ0v) is 14.5. The Labute approximate surface area is 134 Å². The third-order valence-electron chi connectivity index (χ3n) is 5.05. The summed E-state index contributed by atoms with van der Waals surface area (Å²) < 4.78 is 5.22. The molecule has 0 aromatic heterocycles. The zero-order chi connectivity index (χ0) is 16.3. The van der Waals surface area contributed by atoms with Crippen molar-refractivity contribution >= 4 is 11.6 Å². The minimum Gasteiger partial charge on any atom is -0.497 e. The van der Waals surface area contributed by atoms with Crippen molar-refractivity contribution in [3.8, 4) is 5.75 Å². The van der Waals surface area contributed by atoms with Gasteiger partial charge in [0.25, 0.3) is 0 Å². The molecule has 0 radical (unpaired) electrons. The summed E-state index contributed by atoms with van der Waals surface area (Å²) in [5.74, 6) is 2.82. The molecule has 3 heteroatoms. The number of carbonyl (C=O) groups is 1. The van der Waals surface area contributed by atoms with Crippen LogP contribution in [0.3, 0.4) is 0 Å². The molecule has 1 aliphatic carbocycles. The van der Waals surface area contributed by atoms with Crippen LogP contribution in [0.2, 0.25) is 0 Å². The van der Waals surface area contributed by atoms with E-state index in [2.05, 4.69) is 26.1 Å². The van der Waals surface area contributed by atoms with Crippen molar-refractivity contribution in [2.75, 3.05) is 12.4 Å². The van der Waals surface area contributed by atoms with Crippen LogP contribution < -0.4 is 10.1 Å². The second kappa shape index (κ2) is 7.17. The van der Waals surface area contributed by atoms with Crippen LogP contribution in [-0.2, 0) is 4.79 Å². The van der Waals surface area contributed by atoms with Gasteiger partial charge in [-0.25, -0.2) is 0 Å². The van der Waals surface area contributed by atoms with Crippen molar-refractivity contribution in [3.05, 3.63) is 23.8 Å². The Balaban J connectivity index is 2.12. The molecule has 2 rings (SSSR count). The number of methoxy groups -OCH3 is 1. The van der Waals surface area contributed by atoms with Gasteiger partial charge in [-0.1, -0.05) is 27.2 Å². The molecule has 1 aromatic carbocycles. The number of aryl methyl sites for hydroxylation is 1. The van der Waals surface area contributed by atoms with Gasteiger partial charge >= 0.3 is 0 Å². The van der Waals surface area contributed by atoms with E-state index < -0.39 is 0 Å². The Kier molecular flexibility index (Phi) is 5.49. The maximum absolute atomic E-state index is 12.8. The van der Waals surface area contributed by atoms with Crippen molar-refractivity contribution in [1.29, 1.82) is 0 Å². The van der Waals surface area contributed by atoms with Crippen LogP contribution in [0.4, 0.5) is 5.69 Å². The van der Waals surface area contributed by atoms with Gasteiger partial charge in [0.1, 0.15) is 5.75 Å². The van der Waals surface area contributed by atoms with E-state index in [0.717, 1.165) is 23.4 Å². The molecule has 0 spiro atoms. The van der Waals surface area contributed by atoms with Gasteiger partial charge in [0.2, 0.25) is 5.91 Å². The second-order valence-electron chi connectivity index (χ2n) is 7.10. The summed E-state index contributed by atoms with van der Waals surface area (Å²) in [4.78, 5) is 12.8. The monoisotopic (exact) mass is 303 g/mol. The number of ether oxygens (including phenoxy) is 1. The van der Waals surface area contributed by atoms with Gasteiger partial charge in [0.15, 0.2) is 0 Å². The third-order valence-corrected chi connectivity index (χ3v) is 5.05. The summed E-state index contributed by atoms with van der Waals surface area (Å²) in [5, 5.41) is 3.14. The standard InChI is InChI=1S/C19H29NO2/c1-12(2)16-8-6-13(3)10-17(16)19(21)20-18-9-7-15(22-5)11-14(18)4/h7,9,11-13,16-17H,6,8,10H2,1-5H3,(H,20,21)/t13-,16+,17-/m1/s1. The van der Waals surface area contributed by atoms with E-state index >= 15 is 0 Å². The Morgan fingerprint density at radius 2 is 2.05 bits per heavy atom. The Bertz CT molecular complexity index is 524. The van der Waals surface area contributed by atoms with E-state index in [4.69, 9.17) is 4.74 Å². The fraction of sp³-hybridized carbons (Fsp3) is 0.632. The normalized spacial score (nSPS) is 25.1. The summed E-state index contributed by atoms with van der Waals surface area (Å²) >= 11 is 0. The summed E-state index contributed by atoms with van der Waals surface area (Å²) in [6, 6.07) is 5.79. The van der Waals surface area contributed by atoms with Gasteiger partial charge in [0.05, 0.1) is 7.11 Å². The predicted molar refractivity (Wildman–Crippen MR) is 91.2 cm³/mol. The number of carbonyl (C=O) groups excluding carboxylic acids is 1. The van der Waals surface area contributed by atoms with Crippen LogP contribution in [0.1, 0.15) is 45.6 Å². The molecule has 1 N–H and O–H groups in total. The van der Waals surface area contributed by atoms with Crippen molar-refractivity contribution in [3.63, 3.8) is 0 Å². The highest BCUT2D eigenvalue weighted by molar-refractivity contribution is 5.93. The molecule has 1 fully saturated rings. The van der Waals surface area contributed by atoms with Gasteiger partial charge in [-0.05, 0) is 61.3 Å². The molecule has 1 amide bonds. The lowest BCUT2D eigenvalue weighted by Gasteiger charge is -2.36. The van der Waals surface area contributed by atoms with E-state index in [1.807, 2.05) is 25.1 Å². The fourth-order valence-corrected chi connectivity index (χ4v) is 3.63. The fourth-order valence-electron chi connectivity index (χ4n) is 3.63. The first-order valence-corrected chi connectivity index (χ1v) is 8.37. The van der Waals surface area contributed by atoms with Gasteiger partial charge in [-0.2, -0.15) is 0 Å². The second-order valence-corrected chi connectivity index (χ2v) is 7.10. The number of hydrogen-bond acceptors (Lipinski definition) is 2. The van der Waals surface area contributed by atoms with E-state index in [9.17, 15) is 4.79 Å². The lowest BCUT2D eigenvalue weighted by Crippen LogP contribution is -2.36. The molecule has 0 heterocycles. The molecular weight excluding hydrogens is 274 g/mol. The highest BCUT2D eigenvalue weighted by Crippen LogP contribution is 2.38. The highest BCUT2D eigenvalue weighted by atomic mass is 16.5. The molecular formula is C19H29NO2. The van der Waals surface area contributed by atoms with Crippen LogP contribution in [0.15, 0.2) is 18.2 Å². The Morgan fingerprint density at radius 1 is 1.32 bits per heavy atom. The van der Waals surface area contributed by atoms with Crippen LogP contribution in [-0.4, -0.2) is 13.0 Å². The van der Waals surface area contributed by atoms with E-state index in [1.165, 1.54) is 12.8 Å². The van der Waals surface area contributed by atoms with Crippen molar-refractivity contribution in [2.45, 2.75) is 47.0 Å². The number of amides is 1. The third kappa shape index (κ3) is 3.82. The van der Waals surface area contributed by atoms with Crippen molar-refractivity contribution < 1.29 is 9.53 Å². The summed E-state index contributed by atoms with van der Waals surface area (Å²) in [7, 11) is 1.66. The van der Waals surface area contributed by atoms with Crippen LogP contribution in [0.25, 0.3) is 0 Å². The van der Waals surface area contributed by atoms with Crippen LogP contribution >= 0.6 is 0 Å². The molecule has 1 saturated carbocycles. The SMILES string of the molecule is COc1ccc(NC(=O)[C@@H]2C[C@H](C)CC[C@H]2C(C)C)c(C)c1. The average Bonchev–Trinajstić information content (AvgIpc) is 2.48. The first-order valence-electron chi connectivity index (χ1n) is 8.37. The van der Waals surface area contributed by atoms with Crippen molar-refractivity contribution in [1.82, 2.24) is 0 Å². The molecule has 0 bridgehead atoms. The number of rotatable bonds is 4. The average molecular weight is 303 g/mol. The lowest BCUT2D eigenvalue weighted by molar-refractivity contribution is -0.124. The molecule has 0 saturated heterocycles. The number of nitrogens with one attached hydrogen (secondary N) is 1. The van der Waals surface area contributed by atoms with E-state index in [1.54, 1.807) is 7.11 Å². The maximum Gasteiger partial charge on any atom is 0.227 e. The summed E-state index contributed by atoms with van der Waals surface area (Å²) in [6.45, 7) is 8.73. The largest absolute Gasteiger partial charge is 0.497 e. The zero-order valence-electron chi connectivity index (χ0n) is 14.5. The van der Waals surface area contributed by atoms with Gasteiger partial charge in [-0.3, -0.25) is 4.79 Å². The molecule has 3 atom stereocenters. The summed E-state index contributed by atoms with van der Waals surface area (Å²) in [6.07, 6.45) is 3.41. The van der Waals surface area contributed by atoms with Crippen LogP contribution in [0, 0.1) is 30.6 Å². The topological polar surface area (TPSA) is 38.3 Å². The lowest BCUT2D eigenvalue weighted by atomic mass is 9.70. The van der Waals surface area contributed by atoms with Gasteiger partial charge in [0, 0.05) is 11.6 Å². The molecule has 122 valence electrons. The van der Waals surface area contributed by atoms with Gasteiger partial charge in [-0.15, -0.1) is 0 Å². The van der Waals surface area contributed by atoms with Crippen molar-refractivity contribution in [2.24, 2.45) is 23.7 Å². The van der Waals surface area contributed by atoms with Crippen LogP contribution in [0.5, 0.6) is 5.75 Å². The highest BCUT2D eigenvalue weighted by Gasteiger charge is 2.35. The summed E-state index contributed by atoms with van der Waals surface area (Å²) in [5.41, 5.74) is 1.93. The van der Waals surface area contributed by atoms with Gasteiger partial charge < -0.3 is 10.1 Å². The Morgan fingerprint density at radius 3 is 2.64 bits per heavy atom. The predicted octanol–water partition coefficient (Wildman–Crippen LogP) is 4.65. The molecule has 3 nitrogen and oxygen atoms in total. The molecule has 0 aliphatic heterocycles. The van der Waals surface area contributed by atoms with E-state index in [-0.39, 0.29) is 11.8 Å². The number of anilines is 1. The van der Waals surface area contributed by atoms with E-state index in [0.29, 0.717) is 17.8 Å². The first kappa shape index (κ1) is 16.9. The minimum absolute atomic E-state index is 0.130. The first-order chi connectivity index (χ1) is 10.4. The molecule has 1 aromatic rings. The Hall–Kier alpha value is -1.51. The molecule has 1 aliphatic rings.